The molecule has 0 unspecified atom stereocenters. The normalized spacial score (nSPS) is 10.5. The highest BCUT2D eigenvalue weighted by Gasteiger charge is 2.20. The van der Waals surface area contributed by atoms with Gasteiger partial charge in [-0.15, -0.1) is 0 Å². The number of hydrogen-bond donors (Lipinski definition) is 1. The van der Waals surface area contributed by atoms with Gasteiger partial charge in [0, 0.05) is 16.3 Å². The Morgan fingerprint density at radius 1 is 1.12 bits per heavy atom. The fourth-order valence-corrected chi connectivity index (χ4v) is 2.63. The fourth-order valence-electron chi connectivity index (χ4n) is 2.45. The number of ether oxygens (including phenoxy) is 2. The summed E-state index contributed by atoms with van der Waals surface area (Å²) in [7, 11) is 3.09. The number of carbonyl (C=O) groups excluding carboxylic acids is 1. The standard InChI is InChI=1S/C19H17ClN2O4/c1-11-4-6-13(9-14(11)20)22-19(23)17-18(26-10-21-17)12-5-7-15(24-2)16(8-12)25-3/h4-10H,1-3H3,(H,22,23). The van der Waals surface area contributed by atoms with Crippen molar-refractivity contribution in [2.75, 3.05) is 19.5 Å². The zero-order valence-corrected chi connectivity index (χ0v) is 15.3. The summed E-state index contributed by atoms with van der Waals surface area (Å²) in [5.74, 6) is 1.04. The summed E-state index contributed by atoms with van der Waals surface area (Å²) in [6, 6.07) is 10.5. The number of nitrogens with zero attached hydrogens (tertiary/aromatic N) is 1. The molecule has 0 saturated heterocycles. The van der Waals surface area contributed by atoms with E-state index < -0.39 is 5.91 Å². The van der Waals surface area contributed by atoms with Gasteiger partial charge >= 0.3 is 0 Å². The summed E-state index contributed by atoms with van der Waals surface area (Å²) in [5.41, 5.74) is 2.31. The van der Waals surface area contributed by atoms with Gasteiger partial charge in [0.2, 0.25) is 0 Å². The second-order valence-electron chi connectivity index (χ2n) is 5.52. The number of rotatable bonds is 5. The van der Waals surface area contributed by atoms with Crippen LogP contribution in [0.15, 0.2) is 47.2 Å². The Morgan fingerprint density at radius 3 is 2.58 bits per heavy atom. The number of halogens is 1. The second-order valence-corrected chi connectivity index (χ2v) is 5.93. The zero-order valence-electron chi connectivity index (χ0n) is 14.5. The molecule has 0 aliphatic rings. The van der Waals surface area contributed by atoms with Crippen molar-refractivity contribution in [1.82, 2.24) is 4.98 Å². The lowest BCUT2D eigenvalue weighted by molar-refractivity contribution is 0.102. The first-order valence-corrected chi connectivity index (χ1v) is 8.14. The first kappa shape index (κ1) is 17.8. The molecular formula is C19H17ClN2O4. The van der Waals surface area contributed by atoms with Crippen molar-refractivity contribution in [3.63, 3.8) is 0 Å². The zero-order chi connectivity index (χ0) is 18.7. The Bertz CT molecular complexity index is 952. The van der Waals surface area contributed by atoms with Crippen LogP contribution in [0.1, 0.15) is 16.1 Å². The SMILES string of the molecule is COc1ccc(-c2ocnc2C(=O)Nc2ccc(C)c(Cl)c2)cc1OC. The molecule has 0 fully saturated rings. The summed E-state index contributed by atoms with van der Waals surface area (Å²) >= 11 is 6.10. The molecule has 134 valence electrons. The summed E-state index contributed by atoms with van der Waals surface area (Å²) in [5, 5.41) is 3.34. The molecule has 1 N–H and O–H groups in total. The molecule has 1 amide bonds. The lowest BCUT2D eigenvalue weighted by atomic mass is 10.1. The van der Waals surface area contributed by atoms with Gasteiger partial charge in [0.25, 0.3) is 5.91 Å². The molecule has 3 aromatic rings. The number of aryl methyl sites for hydroxylation is 1. The number of hydrogen-bond acceptors (Lipinski definition) is 5. The van der Waals surface area contributed by atoms with Gasteiger partial charge < -0.3 is 19.2 Å². The lowest BCUT2D eigenvalue weighted by Crippen LogP contribution is -2.13. The van der Waals surface area contributed by atoms with Crippen molar-refractivity contribution in [3.05, 3.63) is 59.1 Å². The van der Waals surface area contributed by atoms with Crippen LogP contribution in [-0.2, 0) is 0 Å². The van der Waals surface area contributed by atoms with Crippen LogP contribution in [0.4, 0.5) is 5.69 Å². The van der Waals surface area contributed by atoms with Gasteiger partial charge in [-0.1, -0.05) is 17.7 Å². The van der Waals surface area contributed by atoms with Crippen molar-refractivity contribution < 1.29 is 18.7 Å². The summed E-state index contributed by atoms with van der Waals surface area (Å²) in [4.78, 5) is 16.7. The third kappa shape index (κ3) is 3.50. The number of oxazole rings is 1. The second kappa shape index (κ2) is 7.49. The van der Waals surface area contributed by atoms with Crippen molar-refractivity contribution in [2.24, 2.45) is 0 Å². The van der Waals surface area contributed by atoms with Gasteiger partial charge in [-0.25, -0.2) is 4.98 Å². The molecule has 0 aliphatic carbocycles. The van der Waals surface area contributed by atoms with Crippen LogP contribution in [-0.4, -0.2) is 25.1 Å². The quantitative estimate of drug-likeness (QED) is 0.710. The highest BCUT2D eigenvalue weighted by molar-refractivity contribution is 6.31. The monoisotopic (exact) mass is 372 g/mol. The van der Waals surface area contributed by atoms with Crippen molar-refractivity contribution in [2.45, 2.75) is 6.92 Å². The molecule has 1 heterocycles. The molecule has 3 rings (SSSR count). The molecule has 0 saturated carbocycles. The molecule has 26 heavy (non-hydrogen) atoms. The maximum absolute atomic E-state index is 12.6. The van der Waals surface area contributed by atoms with Gasteiger partial charge in [0.05, 0.1) is 14.2 Å². The molecule has 2 aromatic carbocycles. The van der Waals surface area contributed by atoms with Gasteiger partial charge in [0.1, 0.15) is 0 Å². The molecule has 0 radical (unpaired) electrons. The van der Waals surface area contributed by atoms with Gasteiger partial charge in [-0.05, 0) is 42.8 Å². The van der Waals surface area contributed by atoms with E-state index >= 15 is 0 Å². The number of carbonyl (C=O) groups is 1. The Kier molecular flexibility index (Phi) is 5.14. The minimum Gasteiger partial charge on any atom is -0.493 e. The number of nitrogens with one attached hydrogen (secondary N) is 1. The third-order valence-corrected chi connectivity index (χ3v) is 4.27. The van der Waals surface area contributed by atoms with Crippen LogP contribution < -0.4 is 14.8 Å². The minimum atomic E-state index is -0.400. The van der Waals surface area contributed by atoms with Gasteiger partial charge in [0.15, 0.2) is 29.3 Å². The first-order valence-electron chi connectivity index (χ1n) is 7.77. The molecule has 0 spiro atoms. The fraction of sp³-hybridized carbons (Fsp3) is 0.158. The van der Waals surface area contributed by atoms with Crippen LogP contribution in [0.3, 0.4) is 0 Å². The lowest BCUT2D eigenvalue weighted by Gasteiger charge is -2.09. The number of methoxy groups -OCH3 is 2. The van der Waals surface area contributed by atoms with Gasteiger partial charge in [-0.2, -0.15) is 0 Å². The van der Waals surface area contributed by atoms with E-state index in [9.17, 15) is 4.79 Å². The van der Waals surface area contributed by atoms with Crippen LogP contribution in [0.25, 0.3) is 11.3 Å². The van der Waals surface area contributed by atoms with Crippen LogP contribution >= 0.6 is 11.6 Å². The molecule has 6 nitrogen and oxygen atoms in total. The first-order chi connectivity index (χ1) is 12.5. The van der Waals surface area contributed by atoms with E-state index in [1.54, 1.807) is 37.4 Å². The highest BCUT2D eigenvalue weighted by atomic mass is 35.5. The van der Waals surface area contributed by atoms with E-state index in [2.05, 4.69) is 10.3 Å². The maximum Gasteiger partial charge on any atom is 0.278 e. The van der Waals surface area contributed by atoms with Gasteiger partial charge in [-0.3, -0.25) is 4.79 Å². The minimum absolute atomic E-state index is 0.161. The average molecular weight is 373 g/mol. The Hall–Kier alpha value is -2.99. The number of benzene rings is 2. The molecule has 0 aliphatic heterocycles. The van der Waals surface area contributed by atoms with E-state index in [-0.39, 0.29) is 5.69 Å². The molecule has 7 heteroatoms. The summed E-state index contributed by atoms with van der Waals surface area (Å²) < 4.78 is 15.9. The van der Waals surface area contributed by atoms with Crippen molar-refractivity contribution in [3.8, 4) is 22.8 Å². The number of anilines is 1. The average Bonchev–Trinajstić information content (AvgIpc) is 3.14. The van der Waals surface area contributed by atoms with Crippen LogP contribution in [0, 0.1) is 6.92 Å². The van der Waals surface area contributed by atoms with Crippen LogP contribution in [0.2, 0.25) is 5.02 Å². The number of amides is 1. The summed E-state index contributed by atoms with van der Waals surface area (Å²) in [6.07, 6.45) is 1.23. The Morgan fingerprint density at radius 2 is 1.88 bits per heavy atom. The highest BCUT2D eigenvalue weighted by Crippen LogP contribution is 2.33. The largest absolute Gasteiger partial charge is 0.493 e. The topological polar surface area (TPSA) is 73.6 Å². The molecule has 1 aromatic heterocycles. The molecule has 0 bridgehead atoms. The van der Waals surface area contributed by atoms with E-state index in [1.807, 2.05) is 13.0 Å². The van der Waals surface area contributed by atoms with E-state index in [0.29, 0.717) is 33.5 Å². The molecular weight excluding hydrogens is 356 g/mol. The van der Waals surface area contributed by atoms with E-state index in [1.165, 1.54) is 13.5 Å². The number of aromatic nitrogens is 1. The predicted octanol–water partition coefficient (Wildman–Crippen LogP) is 4.57. The van der Waals surface area contributed by atoms with E-state index in [4.69, 9.17) is 25.5 Å². The Labute approximate surface area is 155 Å². The van der Waals surface area contributed by atoms with E-state index in [0.717, 1.165) is 5.56 Å². The van der Waals surface area contributed by atoms with Crippen LogP contribution in [0.5, 0.6) is 11.5 Å². The summed E-state index contributed by atoms with van der Waals surface area (Å²) in [6.45, 7) is 1.89. The maximum atomic E-state index is 12.6. The third-order valence-electron chi connectivity index (χ3n) is 3.86. The smallest absolute Gasteiger partial charge is 0.278 e. The molecule has 0 atom stereocenters. The van der Waals surface area contributed by atoms with Crippen molar-refractivity contribution in [1.29, 1.82) is 0 Å². The van der Waals surface area contributed by atoms with Crippen molar-refractivity contribution >= 4 is 23.2 Å². The Balaban J connectivity index is 1.90. The predicted molar refractivity (Wildman–Crippen MR) is 99.2 cm³/mol.